The zero-order chi connectivity index (χ0) is 24.0. The zero-order valence-corrected chi connectivity index (χ0v) is 18.9. The molecule has 1 aromatic carbocycles. The third-order valence-electron chi connectivity index (χ3n) is 6.68. The average Bonchev–Trinajstić information content (AvgIpc) is 3.24. The third-order valence-corrected chi connectivity index (χ3v) is 6.68. The van der Waals surface area contributed by atoms with Crippen LogP contribution in [0, 0.1) is 5.92 Å². The van der Waals surface area contributed by atoms with Gasteiger partial charge in [0.25, 0.3) is 0 Å². The molecule has 1 aliphatic heterocycles. The minimum absolute atomic E-state index is 0.0270. The van der Waals surface area contributed by atoms with Crippen LogP contribution in [0.25, 0.3) is 11.4 Å². The van der Waals surface area contributed by atoms with Crippen molar-refractivity contribution in [2.45, 2.75) is 31.5 Å². The van der Waals surface area contributed by atoms with Crippen LogP contribution in [-0.2, 0) is 18.0 Å². The highest BCUT2D eigenvalue weighted by Crippen LogP contribution is 2.48. The van der Waals surface area contributed by atoms with E-state index in [2.05, 4.69) is 20.1 Å². The van der Waals surface area contributed by atoms with E-state index in [0.717, 1.165) is 24.1 Å². The summed E-state index contributed by atoms with van der Waals surface area (Å²) >= 11 is 0. The van der Waals surface area contributed by atoms with E-state index in [1.54, 1.807) is 4.68 Å². The summed E-state index contributed by atoms with van der Waals surface area (Å²) in [7, 11) is 1.87. The Bertz CT molecular complexity index is 1180. The van der Waals surface area contributed by atoms with E-state index in [0.29, 0.717) is 32.1 Å². The molecule has 0 radical (unpaired) electrons. The van der Waals surface area contributed by atoms with E-state index >= 15 is 0 Å². The number of carbonyl (C=O) groups is 1. The molecule has 11 heteroatoms. The van der Waals surface area contributed by atoms with Crippen LogP contribution < -0.4 is 0 Å². The van der Waals surface area contributed by atoms with Crippen molar-refractivity contribution >= 4 is 5.91 Å². The summed E-state index contributed by atoms with van der Waals surface area (Å²) in [5.41, 5.74) is 0.604. The number of rotatable bonds is 5. The summed E-state index contributed by atoms with van der Waals surface area (Å²) in [6.45, 7) is 4.43. The molecule has 2 aromatic heterocycles. The minimum Gasteiger partial charge on any atom is -0.340 e. The molecule has 3 unspecified atom stereocenters. The van der Waals surface area contributed by atoms with Crippen LogP contribution in [-0.4, -0.2) is 61.8 Å². The largest absolute Gasteiger partial charge is 0.416 e. The van der Waals surface area contributed by atoms with E-state index in [9.17, 15) is 18.0 Å². The van der Waals surface area contributed by atoms with Gasteiger partial charge in [-0.05, 0) is 37.0 Å². The molecule has 0 N–H and O–H groups in total. The first-order valence-electron chi connectivity index (χ1n) is 11.2. The lowest BCUT2D eigenvalue weighted by Gasteiger charge is -2.37. The number of halogens is 3. The van der Waals surface area contributed by atoms with Gasteiger partial charge in [-0.25, -0.2) is 0 Å². The molecule has 5 rings (SSSR count). The Morgan fingerprint density at radius 2 is 1.97 bits per heavy atom. The molecule has 1 amide bonds. The number of amides is 1. The highest BCUT2D eigenvalue weighted by molar-refractivity contribution is 5.83. The first-order valence-corrected chi connectivity index (χ1v) is 11.2. The maximum atomic E-state index is 13.0. The number of aryl methyl sites for hydroxylation is 1. The van der Waals surface area contributed by atoms with Gasteiger partial charge in [-0.2, -0.15) is 23.3 Å². The summed E-state index contributed by atoms with van der Waals surface area (Å²) in [4.78, 5) is 21.3. The van der Waals surface area contributed by atoms with Crippen LogP contribution in [0.3, 0.4) is 0 Å². The van der Waals surface area contributed by atoms with Crippen LogP contribution in [0.4, 0.5) is 13.2 Å². The van der Waals surface area contributed by atoms with Gasteiger partial charge < -0.3 is 9.42 Å². The van der Waals surface area contributed by atoms with Gasteiger partial charge >= 0.3 is 6.18 Å². The molecule has 3 heterocycles. The molecular formula is C23H25F3N6O2. The summed E-state index contributed by atoms with van der Waals surface area (Å²) in [5.74, 6) is 0.929. The normalized spacial score (nSPS) is 22.1. The summed E-state index contributed by atoms with van der Waals surface area (Å²) in [6.07, 6.45) is 0.220. The molecule has 1 saturated carbocycles. The van der Waals surface area contributed by atoms with E-state index in [1.165, 1.54) is 12.1 Å². The molecular weight excluding hydrogens is 449 g/mol. The first-order chi connectivity index (χ1) is 16.2. The van der Waals surface area contributed by atoms with Gasteiger partial charge in [0, 0.05) is 50.9 Å². The quantitative estimate of drug-likeness (QED) is 0.563. The number of carbonyl (C=O) groups excluding carboxylic acids is 1. The number of benzene rings is 1. The Hall–Kier alpha value is -3.21. The fourth-order valence-corrected chi connectivity index (χ4v) is 4.54. The fourth-order valence-electron chi connectivity index (χ4n) is 4.54. The second kappa shape index (κ2) is 8.53. The SMILES string of the molecule is CC(c1nc(-c2cccc(C(F)(F)F)c2)no1)N1CCN(C(=O)C2CC2c2cnn(C)c2)CC1. The van der Waals surface area contributed by atoms with Gasteiger partial charge in [-0.3, -0.25) is 14.4 Å². The topological polar surface area (TPSA) is 80.3 Å². The molecule has 8 nitrogen and oxygen atoms in total. The van der Waals surface area contributed by atoms with Crippen LogP contribution in [0.5, 0.6) is 0 Å². The smallest absolute Gasteiger partial charge is 0.340 e. The van der Waals surface area contributed by atoms with Gasteiger partial charge in [-0.1, -0.05) is 17.3 Å². The monoisotopic (exact) mass is 474 g/mol. The van der Waals surface area contributed by atoms with Crippen LogP contribution in [0.2, 0.25) is 0 Å². The Morgan fingerprint density at radius 1 is 1.21 bits per heavy atom. The Labute approximate surface area is 194 Å². The predicted octanol–water partition coefficient (Wildman–Crippen LogP) is 3.50. The van der Waals surface area contributed by atoms with Crippen LogP contribution >= 0.6 is 0 Å². The van der Waals surface area contributed by atoms with Gasteiger partial charge in [0.1, 0.15) is 0 Å². The standard InChI is InChI=1S/C23H25F3N6O2/c1-14(21-28-20(29-34-21)15-4-3-5-17(10-15)23(24,25)26)31-6-8-32(9-7-31)22(33)19-11-18(19)16-12-27-30(2)13-16/h3-5,10,12-14,18-19H,6-9,11H2,1-2H3. The third kappa shape index (κ3) is 4.44. The zero-order valence-electron chi connectivity index (χ0n) is 18.9. The van der Waals surface area contributed by atoms with E-state index < -0.39 is 11.7 Å². The van der Waals surface area contributed by atoms with E-state index in [-0.39, 0.29) is 35.2 Å². The number of hydrogen-bond acceptors (Lipinski definition) is 6. The Morgan fingerprint density at radius 3 is 2.65 bits per heavy atom. The lowest BCUT2D eigenvalue weighted by molar-refractivity contribution is -0.137. The molecule has 1 aliphatic carbocycles. The average molecular weight is 474 g/mol. The van der Waals surface area contributed by atoms with Crippen molar-refractivity contribution in [3.05, 3.63) is 53.7 Å². The Kier molecular flexibility index (Phi) is 5.67. The summed E-state index contributed by atoms with van der Waals surface area (Å²) < 4.78 is 46.2. The number of alkyl halides is 3. The van der Waals surface area contributed by atoms with Crippen LogP contribution in [0.1, 0.15) is 42.3 Å². The highest BCUT2D eigenvalue weighted by atomic mass is 19.4. The second-order valence-electron chi connectivity index (χ2n) is 8.97. The van der Waals surface area contributed by atoms with Crippen LogP contribution in [0.15, 0.2) is 41.2 Å². The molecule has 0 spiro atoms. The number of hydrogen-bond donors (Lipinski definition) is 0. The number of nitrogens with zero attached hydrogens (tertiary/aromatic N) is 6. The molecule has 3 atom stereocenters. The summed E-state index contributed by atoms with van der Waals surface area (Å²) in [5, 5.41) is 8.08. The van der Waals surface area contributed by atoms with Gasteiger partial charge in [0.15, 0.2) is 0 Å². The lowest BCUT2D eigenvalue weighted by atomic mass is 10.1. The number of piperazine rings is 1. The maximum absolute atomic E-state index is 13.0. The first kappa shape index (κ1) is 22.6. The van der Waals surface area contributed by atoms with Crippen molar-refractivity contribution in [1.29, 1.82) is 0 Å². The maximum Gasteiger partial charge on any atom is 0.416 e. The molecule has 3 aromatic rings. The van der Waals surface area contributed by atoms with Crippen molar-refractivity contribution in [1.82, 2.24) is 29.7 Å². The molecule has 0 bridgehead atoms. The Balaban J connectivity index is 1.18. The van der Waals surface area contributed by atoms with Crippen molar-refractivity contribution in [3.8, 4) is 11.4 Å². The van der Waals surface area contributed by atoms with Gasteiger partial charge in [0.05, 0.1) is 17.8 Å². The van der Waals surface area contributed by atoms with E-state index in [4.69, 9.17) is 4.52 Å². The van der Waals surface area contributed by atoms with Crippen molar-refractivity contribution in [3.63, 3.8) is 0 Å². The van der Waals surface area contributed by atoms with Crippen molar-refractivity contribution < 1.29 is 22.5 Å². The van der Waals surface area contributed by atoms with Gasteiger partial charge in [0.2, 0.25) is 17.6 Å². The molecule has 34 heavy (non-hydrogen) atoms. The molecule has 180 valence electrons. The lowest BCUT2D eigenvalue weighted by Crippen LogP contribution is -2.49. The number of aromatic nitrogens is 4. The fraction of sp³-hybridized carbons (Fsp3) is 0.478. The highest BCUT2D eigenvalue weighted by Gasteiger charge is 2.46. The molecule has 1 saturated heterocycles. The summed E-state index contributed by atoms with van der Waals surface area (Å²) in [6, 6.07) is 4.66. The van der Waals surface area contributed by atoms with Crippen molar-refractivity contribution in [2.75, 3.05) is 26.2 Å². The molecule has 2 aliphatic rings. The van der Waals surface area contributed by atoms with Crippen molar-refractivity contribution in [2.24, 2.45) is 13.0 Å². The predicted molar refractivity (Wildman–Crippen MR) is 115 cm³/mol. The second-order valence-corrected chi connectivity index (χ2v) is 8.97. The molecule has 2 fully saturated rings. The van der Waals surface area contributed by atoms with Gasteiger partial charge in [-0.15, -0.1) is 0 Å². The minimum atomic E-state index is -4.44. The van der Waals surface area contributed by atoms with E-state index in [1.807, 2.05) is 31.3 Å².